The number of amides is 2. The minimum atomic E-state index is -0.867. The Hall–Kier alpha value is -2.81. The van der Waals surface area contributed by atoms with Gasteiger partial charge in [-0.05, 0) is 39.2 Å². The highest BCUT2D eigenvalue weighted by Crippen LogP contribution is 2.07. The van der Waals surface area contributed by atoms with E-state index in [9.17, 15) is 19.5 Å². The second kappa shape index (κ2) is 14.2. The summed E-state index contributed by atoms with van der Waals surface area (Å²) in [4.78, 5) is 35.1. The third kappa shape index (κ3) is 13.9. The van der Waals surface area contributed by atoms with Crippen LogP contribution in [0.5, 0.6) is 0 Å². The van der Waals surface area contributed by atoms with Crippen LogP contribution in [-0.2, 0) is 25.6 Å². The van der Waals surface area contributed by atoms with Gasteiger partial charge in [-0.1, -0.05) is 36.8 Å². The summed E-state index contributed by atoms with van der Waals surface area (Å²) in [5.41, 5.74) is 0.293. The summed E-state index contributed by atoms with van der Waals surface area (Å²) in [6, 6.07) is 8.45. The van der Waals surface area contributed by atoms with Crippen LogP contribution in [0.1, 0.15) is 52.0 Å². The van der Waals surface area contributed by atoms with Crippen molar-refractivity contribution in [3.63, 3.8) is 0 Å². The number of hydrogen-bond donors (Lipinski definition) is 3. The second-order valence-corrected chi connectivity index (χ2v) is 8.02. The normalized spacial score (nSPS) is 11.9. The zero-order chi connectivity index (χ0) is 23.1. The first kappa shape index (κ1) is 26.2. The maximum atomic E-state index is 12.0. The molecule has 1 unspecified atom stereocenters. The molecule has 1 aromatic carbocycles. The first-order valence-corrected chi connectivity index (χ1v) is 10.4. The molecule has 0 bridgehead atoms. The fourth-order valence-corrected chi connectivity index (χ4v) is 2.46. The molecule has 0 saturated heterocycles. The number of rotatable bonds is 12. The summed E-state index contributed by atoms with van der Waals surface area (Å²) in [6.45, 7) is 5.39. The minimum absolute atomic E-state index is 0.0820. The first-order chi connectivity index (χ1) is 14.7. The Morgan fingerprint density at radius 2 is 1.74 bits per heavy atom. The number of ether oxygens (including phenoxy) is 3. The van der Waals surface area contributed by atoms with E-state index in [2.05, 4.69) is 10.6 Å². The Morgan fingerprint density at radius 1 is 1.03 bits per heavy atom. The molecule has 0 aliphatic rings. The van der Waals surface area contributed by atoms with Crippen molar-refractivity contribution >= 4 is 18.2 Å². The summed E-state index contributed by atoms with van der Waals surface area (Å²) in [6.07, 6.45) is 1.02. The molecule has 0 radical (unpaired) electrons. The molecule has 9 heteroatoms. The first-order valence-electron chi connectivity index (χ1n) is 10.4. The van der Waals surface area contributed by atoms with Gasteiger partial charge in [0, 0.05) is 13.0 Å². The smallest absolute Gasteiger partial charge is 0.444 e. The molecule has 1 aromatic rings. The Balaban J connectivity index is 2.12. The Bertz CT molecular complexity index is 674. The number of carbonyl (C=O) groups is 3. The molecule has 0 heterocycles. The number of hydrogen-bond acceptors (Lipinski definition) is 7. The van der Waals surface area contributed by atoms with Crippen LogP contribution in [0.4, 0.5) is 9.59 Å². The van der Waals surface area contributed by atoms with E-state index in [1.807, 2.05) is 30.3 Å². The molecular formula is C22H34N2O7. The molecule has 3 N–H and O–H groups in total. The minimum Gasteiger partial charge on any atom is -0.444 e. The third-order valence-electron chi connectivity index (χ3n) is 3.94. The van der Waals surface area contributed by atoms with E-state index in [0.717, 1.165) is 12.0 Å². The molecule has 31 heavy (non-hydrogen) atoms. The van der Waals surface area contributed by atoms with Crippen molar-refractivity contribution < 1.29 is 33.7 Å². The predicted octanol–water partition coefficient (Wildman–Crippen LogP) is 2.90. The summed E-state index contributed by atoms with van der Waals surface area (Å²) in [5, 5.41) is 14.7. The molecule has 2 amide bonds. The monoisotopic (exact) mass is 438 g/mol. The standard InChI is InChI=1S/C22H34N2O7/c1-22(2,3)31-20(27)23-13-9-5-8-12-19(26)24-18(14-25)16-30-21(28)29-15-17-10-6-4-7-11-17/h4,6-7,10-11,18,25H,5,8-9,12-16H2,1-3H3,(H,23,27)(H,24,26). The van der Waals surface area contributed by atoms with Crippen molar-refractivity contribution in [1.29, 1.82) is 0 Å². The number of unbranched alkanes of at least 4 members (excludes halogenated alkanes) is 2. The summed E-state index contributed by atoms with van der Waals surface area (Å²) >= 11 is 0. The van der Waals surface area contributed by atoms with Crippen molar-refractivity contribution in [3.8, 4) is 0 Å². The largest absolute Gasteiger partial charge is 0.508 e. The topological polar surface area (TPSA) is 123 Å². The van der Waals surface area contributed by atoms with E-state index >= 15 is 0 Å². The summed E-state index contributed by atoms with van der Waals surface area (Å²) < 4.78 is 15.1. The fourth-order valence-electron chi connectivity index (χ4n) is 2.46. The average Bonchev–Trinajstić information content (AvgIpc) is 2.71. The highest BCUT2D eigenvalue weighted by Gasteiger charge is 2.16. The highest BCUT2D eigenvalue weighted by atomic mass is 16.7. The summed E-state index contributed by atoms with van der Waals surface area (Å²) in [5.74, 6) is -0.250. The molecule has 0 fully saturated rings. The van der Waals surface area contributed by atoms with Gasteiger partial charge in [-0.2, -0.15) is 0 Å². The van der Waals surface area contributed by atoms with E-state index in [-0.39, 0.29) is 32.1 Å². The van der Waals surface area contributed by atoms with Crippen molar-refractivity contribution in [1.82, 2.24) is 10.6 Å². The number of aliphatic hydroxyl groups excluding tert-OH is 1. The predicted molar refractivity (Wildman–Crippen MR) is 114 cm³/mol. The van der Waals surface area contributed by atoms with E-state index < -0.39 is 23.9 Å². The maximum Gasteiger partial charge on any atom is 0.508 e. The van der Waals surface area contributed by atoms with Gasteiger partial charge in [0.15, 0.2) is 0 Å². The zero-order valence-electron chi connectivity index (χ0n) is 18.5. The number of carbonyl (C=O) groups excluding carboxylic acids is 3. The lowest BCUT2D eigenvalue weighted by atomic mass is 10.2. The van der Waals surface area contributed by atoms with Crippen LogP contribution in [0.25, 0.3) is 0 Å². The molecule has 0 spiro atoms. The van der Waals surface area contributed by atoms with Gasteiger partial charge in [0.25, 0.3) is 0 Å². The molecule has 0 aliphatic carbocycles. The molecule has 1 atom stereocenters. The van der Waals surface area contributed by atoms with E-state index in [4.69, 9.17) is 14.2 Å². The number of benzene rings is 1. The van der Waals surface area contributed by atoms with Gasteiger partial charge in [-0.15, -0.1) is 0 Å². The van der Waals surface area contributed by atoms with Crippen LogP contribution in [0, 0.1) is 0 Å². The van der Waals surface area contributed by atoms with Crippen molar-refractivity contribution in [2.24, 2.45) is 0 Å². The molecule has 9 nitrogen and oxygen atoms in total. The van der Waals surface area contributed by atoms with Crippen LogP contribution in [0.3, 0.4) is 0 Å². The van der Waals surface area contributed by atoms with Crippen LogP contribution in [0.2, 0.25) is 0 Å². The van der Waals surface area contributed by atoms with Crippen molar-refractivity contribution in [2.45, 2.75) is 64.7 Å². The van der Waals surface area contributed by atoms with Crippen LogP contribution in [0.15, 0.2) is 30.3 Å². The lowest BCUT2D eigenvalue weighted by molar-refractivity contribution is -0.122. The van der Waals surface area contributed by atoms with Gasteiger partial charge in [0.05, 0.1) is 12.6 Å². The van der Waals surface area contributed by atoms with Crippen LogP contribution >= 0.6 is 0 Å². The number of alkyl carbamates (subject to hydrolysis) is 1. The molecule has 0 aromatic heterocycles. The van der Waals surface area contributed by atoms with Crippen molar-refractivity contribution in [2.75, 3.05) is 19.8 Å². The SMILES string of the molecule is CC(C)(C)OC(=O)NCCCCCC(=O)NC(CO)COC(=O)OCc1ccccc1. The van der Waals surface area contributed by atoms with E-state index in [0.29, 0.717) is 19.4 Å². The van der Waals surface area contributed by atoms with Crippen molar-refractivity contribution in [3.05, 3.63) is 35.9 Å². The zero-order valence-corrected chi connectivity index (χ0v) is 18.5. The molecule has 0 saturated carbocycles. The average molecular weight is 439 g/mol. The van der Waals surface area contributed by atoms with E-state index in [1.165, 1.54) is 0 Å². The lowest BCUT2D eigenvalue weighted by Crippen LogP contribution is -2.41. The van der Waals surface area contributed by atoms with Gasteiger partial charge in [-0.25, -0.2) is 9.59 Å². The molecule has 1 rings (SSSR count). The molecule has 0 aliphatic heterocycles. The molecule has 174 valence electrons. The third-order valence-corrected chi connectivity index (χ3v) is 3.94. The van der Waals surface area contributed by atoms with Gasteiger partial charge in [-0.3, -0.25) is 4.79 Å². The maximum absolute atomic E-state index is 12.0. The second-order valence-electron chi connectivity index (χ2n) is 8.02. The Kier molecular flexibility index (Phi) is 12.0. The van der Waals surface area contributed by atoms with Crippen LogP contribution < -0.4 is 10.6 Å². The number of nitrogens with one attached hydrogen (secondary N) is 2. The van der Waals surface area contributed by atoms with Gasteiger partial charge in [0.2, 0.25) is 5.91 Å². The Morgan fingerprint density at radius 3 is 2.39 bits per heavy atom. The van der Waals surface area contributed by atoms with Gasteiger partial charge >= 0.3 is 12.2 Å². The van der Waals surface area contributed by atoms with Crippen LogP contribution in [-0.4, -0.2) is 54.7 Å². The molecular weight excluding hydrogens is 404 g/mol. The van der Waals surface area contributed by atoms with E-state index in [1.54, 1.807) is 20.8 Å². The fraction of sp³-hybridized carbons (Fsp3) is 0.591. The van der Waals surface area contributed by atoms with Gasteiger partial charge < -0.3 is 30.0 Å². The Labute approximate surface area is 183 Å². The lowest BCUT2D eigenvalue weighted by Gasteiger charge is -2.19. The summed E-state index contributed by atoms with van der Waals surface area (Å²) in [7, 11) is 0. The quantitative estimate of drug-likeness (QED) is 0.339. The number of aliphatic hydroxyl groups is 1. The van der Waals surface area contributed by atoms with Gasteiger partial charge in [0.1, 0.15) is 18.8 Å². The highest BCUT2D eigenvalue weighted by molar-refractivity contribution is 5.76.